The summed E-state index contributed by atoms with van der Waals surface area (Å²) in [7, 11) is -1.13. The van der Waals surface area contributed by atoms with Gasteiger partial charge >= 0.3 is 0 Å². The Morgan fingerprint density at radius 1 is 1.04 bits per heavy atom. The first-order chi connectivity index (χ1) is 11.3. The first-order valence-electron chi connectivity index (χ1n) is 6.93. The van der Waals surface area contributed by atoms with Crippen molar-refractivity contribution in [2.75, 3.05) is 19.5 Å². The van der Waals surface area contributed by atoms with Crippen LogP contribution in [-0.4, -0.2) is 28.5 Å². The normalized spacial score (nSPS) is 11.0. The monoisotopic (exact) mass is 350 g/mol. The fourth-order valence-electron chi connectivity index (χ4n) is 2.14. The lowest BCUT2D eigenvalue weighted by Crippen LogP contribution is -2.16. The summed E-state index contributed by atoms with van der Waals surface area (Å²) in [6.45, 7) is 1.86. The highest BCUT2D eigenvalue weighted by Gasteiger charge is 2.17. The summed E-state index contributed by atoms with van der Waals surface area (Å²) < 4.78 is 33.4. The third kappa shape index (κ3) is 3.84. The maximum Gasteiger partial charge on any atom is 0.255 e. The second kappa shape index (κ2) is 6.90. The Kier molecular flexibility index (Phi) is 5.10. The molecule has 0 aliphatic rings. The van der Waals surface area contributed by atoms with Crippen LogP contribution in [0, 0.1) is 6.92 Å². The Morgan fingerprint density at radius 2 is 1.71 bits per heavy atom. The molecule has 0 bridgehead atoms. The topological polar surface area (TPSA) is 108 Å². The summed E-state index contributed by atoms with van der Waals surface area (Å²) in [6, 6.07) is 9.21. The number of rotatable bonds is 5. The molecule has 24 heavy (non-hydrogen) atoms. The van der Waals surface area contributed by atoms with Gasteiger partial charge in [0.1, 0.15) is 16.4 Å². The molecule has 0 unspecified atom stereocenters. The second-order valence-electron chi connectivity index (χ2n) is 5.05. The van der Waals surface area contributed by atoms with Gasteiger partial charge in [0.2, 0.25) is 10.0 Å². The van der Waals surface area contributed by atoms with Crippen LogP contribution in [0.15, 0.2) is 41.3 Å². The zero-order chi connectivity index (χ0) is 17.9. The summed E-state index contributed by atoms with van der Waals surface area (Å²) in [5, 5.41) is 7.78. The van der Waals surface area contributed by atoms with Gasteiger partial charge < -0.3 is 14.8 Å². The fourth-order valence-corrected chi connectivity index (χ4v) is 2.86. The number of aryl methyl sites for hydroxylation is 1. The number of carbonyl (C=O) groups is 1. The molecule has 1 amide bonds. The summed E-state index contributed by atoms with van der Waals surface area (Å²) >= 11 is 0. The molecular formula is C16H18N2O5S. The van der Waals surface area contributed by atoms with E-state index in [-0.39, 0.29) is 16.3 Å². The summed E-state index contributed by atoms with van der Waals surface area (Å²) in [6.07, 6.45) is 0. The van der Waals surface area contributed by atoms with Gasteiger partial charge in [-0.1, -0.05) is 6.07 Å². The van der Waals surface area contributed by atoms with Crippen molar-refractivity contribution in [3.8, 4) is 11.5 Å². The van der Waals surface area contributed by atoms with E-state index in [1.807, 2.05) is 6.92 Å². The number of carbonyl (C=O) groups excluding carboxylic acids is 1. The van der Waals surface area contributed by atoms with Crippen molar-refractivity contribution in [1.82, 2.24) is 0 Å². The minimum absolute atomic E-state index is 0.104. The third-order valence-corrected chi connectivity index (χ3v) is 4.33. The van der Waals surface area contributed by atoms with Crippen LogP contribution in [0.25, 0.3) is 0 Å². The molecule has 0 saturated heterocycles. The molecule has 8 heteroatoms. The number of methoxy groups -OCH3 is 2. The van der Waals surface area contributed by atoms with Crippen LogP contribution in [0.3, 0.4) is 0 Å². The highest BCUT2D eigenvalue weighted by Crippen LogP contribution is 2.26. The number of amides is 1. The molecule has 0 saturated carbocycles. The van der Waals surface area contributed by atoms with E-state index >= 15 is 0 Å². The molecule has 0 aliphatic carbocycles. The van der Waals surface area contributed by atoms with E-state index in [2.05, 4.69) is 5.32 Å². The highest BCUT2D eigenvalue weighted by atomic mass is 32.2. The molecule has 2 aromatic carbocycles. The predicted octanol–water partition coefficient (Wildman–Crippen LogP) is 1.91. The van der Waals surface area contributed by atoms with Gasteiger partial charge in [0.15, 0.2) is 0 Å². The Bertz CT molecular complexity index is 878. The number of sulfonamides is 1. The molecule has 0 atom stereocenters. The molecule has 0 spiro atoms. The van der Waals surface area contributed by atoms with Crippen LogP contribution in [0.5, 0.6) is 11.5 Å². The molecule has 2 aromatic rings. The van der Waals surface area contributed by atoms with Crippen LogP contribution in [0.4, 0.5) is 5.69 Å². The molecular weight excluding hydrogens is 332 g/mol. The van der Waals surface area contributed by atoms with E-state index in [0.29, 0.717) is 11.3 Å². The average Bonchev–Trinajstić information content (AvgIpc) is 2.54. The van der Waals surface area contributed by atoms with E-state index in [9.17, 15) is 13.2 Å². The van der Waals surface area contributed by atoms with Crippen molar-refractivity contribution in [1.29, 1.82) is 0 Å². The number of hydrogen-bond acceptors (Lipinski definition) is 5. The number of primary sulfonamides is 1. The minimum atomic E-state index is -3.98. The molecule has 0 aromatic heterocycles. The molecule has 0 radical (unpaired) electrons. The lowest BCUT2D eigenvalue weighted by molar-refractivity contribution is 0.102. The third-order valence-electron chi connectivity index (χ3n) is 3.40. The average molecular weight is 350 g/mol. The van der Waals surface area contributed by atoms with Gasteiger partial charge in [-0.3, -0.25) is 4.79 Å². The number of anilines is 1. The van der Waals surface area contributed by atoms with E-state index < -0.39 is 15.9 Å². The molecule has 0 fully saturated rings. The molecule has 7 nitrogen and oxygen atoms in total. The van der Waals surface area contributed by atoms with Crippen LogP contribution in [0.1, 0.15) is 15.9 Å². The van der Waals surface area contributed by atoms with Crippen molar-refractivity contribution in [3.05, 3.63) is 47.5 Å². The van der Waals surface area contributed by atoms with Crippen molar-refractivity contribution in [2.24, 2.45) is 5.14 Å². The van der Waals surface area contributed by atoms with E-state index in [0.717, 1.165) is 5.56 Å². The van der Waals surface area contributed by atoms with Gasteiger partial charge in [-0.15, -0.1) is 0 Å². The Hall–Kier alpha value is -2.58. The Labute approximate surface area is 140 Å². The van der Waals surface area contributed by atoms with Gasteiger partial charge in [-0.2, -0.15) is 0 Å². The number of hydrogen-bond donors (Lipinski definition) is 2. The zero-order valence-corrected chi connectivity index (χ0v) is 14.3. The Morgan fingerprint density at radius 3 is 2.29 bits per heavy atom. The van der Waals surface area contributed by atoms with E-state index in [1.54, 1.807) is 18.2 Å². The van der Waals surface area contributed by atoms with Crippen LogP contribution >= 0.6 is 0 Å². The van der Waals surface area contributed by atoms with Gasteiger partial charge in [0.25, 0.3) is 5.91 Å². The summed E-state index contributed by atoms with van der Waals surface area (Å²) in [5.41, 5.74) is 1.56. The van der Waals surface area contributed by atoms with Gasteiger partial charge in [-0.25, -0.2) is 13.6 Å². The van der Waals surface area contributed by atoms with Gasteiger partial charge in [0.05, 0.1) is 14.2 Å². The highest BCUT2D eigenvalue weighted by molar-refractivity contribution is 7.89. The molecule has 0 aliphatic heterocycles. The van der Waals surface area contributed by atoms with Crippen molar-refractivity contribution < 1.29 is 22.7 Å². The lowest BCUT2D eigenvalue weighted by atomic mass is 10.1. The van der Waals surface area contributed by atoms with Crippen LogP contribution < -0.4 is 19.9 Å². The van der Waals surface area contributed by atoms with Crippen molar-refractivity contribution >= 4 is 21.6 Å². The standard InChI is InChI=1S/C16H18N2O5S/c1-10-4-5-11(8-14(10)23-3)16(19)18-12-6-7-13(22-2)15(9-12)24(17,20)21/h4-9H,1-3H3,(H,18,19)(H2,17,20,21). The quantitative estimate of drug-likeness (QED) is 0.856. The maximum absolute atomic E-state index is 12.3. The Balaban J connectivity index is 2.33. The molecule has 0 heterocycles. The molecule has 2 rings (SSSR count). The van der Waals surface area contributed by atoms with Gasteiger partial charge in [-0.05, 0) is 42.8 Å². The largest absolute Gasteiger partial charge is 0.496 e. The predicted molar refractivity (Wildman–Crippen MR) is 90.1 cm³/mol. The SMILES string of the molecule is COc1cc(C(=O)Nc2ccc(OC)c(S(N)(=O)=O)c2)ccc1C. The molecule has 128 valence electrons. The van der Waals surface area contributed by atoms with Crippen LogP contribution in [0.2, 0.25) is 0 Å². The summed E-state index contributed by atoms with van der Waals surface area (Å²) in [5.74, 6) is 0.286. The number of ether oxygens (including phenoxy) is 2. The first kappa shape index (κ1) is 17.8. The number of nitrogens with one attached hydrogen (secondary N) is 1. The smallest absolute Gasteiger partial charge is 0.255 e. The fraction of sp³-hybridized carbons (Fsp3) is 0.188. The van der Waals surface area contributed by atoms with E-state index in [1.165, 1.54) is 32.4 Å². The van der Waals surface area contributed by atoms with Crippen LogP contribution in [-0.2, 0) is 10.0 Å². The van der Waals surface area contributed by atoms with Crippen molar-refractivity contribution in [2.45, 2.75) is 11.8 Å². The lowest BCUT2D eigenvalue weighted by Gasteiger charge is -2.11. The van der Waals surface area contributed by atoms with Crippen molar-refractivity contribution in [3.63, 3.8) is 0 Å². The number of benzene rings is 2. The van der Waals surface area contributed by atoms with E-state index in [4.69, 9.17) is 14.6 Å². The maximum atomic E-state index is 12.3. The summed E-state index contributed by atoms with van der Waals surface area (Å²) in [4.78, 5) is 12.1. The number of nitrogens with two attached hydrogens (primary N) is 1. The molecule has 3 N–H and O–H groups in total. The minimum Gasteiger partial charge on any atom is -0.496 e. The zero-order valence-electron chi connectivity index (χ0n) is 13.5. The first-order valence-corrected chi connectivity index (χ1v) is 8.47. The van der Waals surface area contributed by atoms with Gasteiger partial charge in [0, 0.05) is 11.3 Å². The second-order valence-corrected chi connectivity index (χ2v) is 6.58.